The molecule has 3 rings (SSSR count). The number of carboxylic acids is 1. The number of benzene rings is 2. The predicted octanol–water partition coefficient (Wildman–Crippen LogP) is 4.44. The van der Waals surface area contributed by atoms with E-state index in [2.05, 4.69) is 4.98 Å². The Labute approximate surface area is 131 Å². The second-order valence-corrected chi connectivity index (χ2v) is 5.15. The number of carboxylic acid groups (broad SMARTS) is 1. The van der Waals surface area contributed by atoms with Crippen LogP contribution in [-0.4, -0.2) is 16.1 Å². The minimum Gasteiger partial charge on any atom is -0.478 e. The Morgan fingerprint density at radius 1 is 1.13 bits per heavy atom. The molecule has 0 saturated heterocycles. The van der Waals surface area contributed by atoms with E-state index in [0.717, 1.165) is 23.1 Å². The Hall–Kier alpha value is -2.82. The van der Waals surface area contributed by atoms with Gasteiger partial charge in [0, 0.05) is 11.6 Å². The van der Waals surface area contributed by atoms with Gasteiger partial charge in [-0.2, -0.15) is 0 Å². The van der Waals surface area contributed by atoms with Gasteiger partial charge in [0.05, 0.1) is 16.8 Å². The lowest BCUT2D eigenvalue weighted by Gasteiger charge is -2.12. The largest absolute Gasteiger partial charge is 0.478 e. The molecule has 1 N–H and O–H groups in total. The number of rotatable bonds is 3. The first-order valence-electron chi connectivity index (χ1n) is 7.12. The third-order valence-corrected chi connectivity index (χ3v) is 3.80. The summed E-state index contributed by atoms with van der Waals surface area (Å²) in [5.74, 6) is -2.57. The van der Waals surface area contributed by atoms with Gasteiger partial charge in [-0.05, 0) is 41.6 Å². The number of aromatic nitrogens is 1. The van der Waals surface area contributed by atoms with Crippen LogP contribution in [0.4, 0.5) is 8.78 Å². The minimum atomic E-state index is -1.10. The molecule has 0 fully saturated rings. The average Bonchev–Trinajstić information content (AvgIpc) is 2.54. The highest BCUT2D eigenvalue weighted by Gasteiger charge is 2.17. The third-order valence-electron chi connectivity index (χ3n) is 3.80. The summed E-state index contributed by atoms with van der Waals surface area (Å²) in [6.45, 7) is 1.94. The van der Waals surface area contributed by atoms with Gasteiger partial charge in [0.2, 0.25) is 0 Å². The summed E-state index contributed by atoms with van der Waals surface area (Å²) < 4.78 is 28.2. The highest BCUT2D eigenvalue weighted by molar-refractivity contribution is 6.01. The van der Waals surface area contributed by atoms with Gasteiger partial charge in [-0.15, -0.1) is 0 Å². The highest BCUT2D eigenvalue weighted by Crippen LogP contribution is 2.33. The normalized spacial score (nSPS) is 10.9. The molecule has 3 aromatic rings. The molecule has 116 valence electrons. The highest BCUT2D eigenvalue weighted by atomic mass is 19.1. The second kappa shape index (κ2) is 5.76. The van der Waals surface area contributed by atoms with Gasteiger partial charge in [0.25, 0.3) is 0 Å². The zero-order valence-electron chi connectivity index (χ0n) is 12.3. The van der Waals surface area contributed by atoms with Crippen LogP contribution in [0, 0.1) is 11.6 Å². The lowest BCUT2D eigenvalue weighted by Crippen LogP contribution is -2.00. The summed E-state index contributed by atoms with van der Waals surface area (Å²) in [5.41, 5.74) is 0.793. The number of carbonyl (C=O) groups is 1. The molecule has 0 saturated carbocycles. The van der Waals surface area contributed by atoms with Crippen molar-refractivity contribution in [2.75, 3.05) is 0 Å². The molecule has 2 aromatic carbocycles. The van der Waals surface area contributed by atoms with Gasteiger partial charge >= 0.3 is 5.97 Å². The van der Waals surface area contributed by atoms with Gasteiger partial charge in [0.1, 0.15) is 11.6 Å². The fraction of sp³-hybridized carbons (Fsp3) is 0.111. The molecule has 0 atom stereocenters. The second-order valence-electron chi connectivity index (χ2n) is 5.15. The molecule has 0 bridgehead atoms. The van der Waals surface area contributed by atoms with E-state index >= 15 is 0 Å². The van der Waals surface area contributed by atoms with Crippen LogP contribution in [0.25, 0.3) is 22.0 Å². The SMILES string of the molecule is CCc1cnc(-c2c(F)cccc2F)c2cc(C(=O)O)ccc12. The molecule has 0 radical (unpaired) electrons. The Morgan fingerprint density at radius 3 is 2.43 bits per heavy atom. The molecular formula is C18H13F2NO2. The molecule has 0 spiro atoms. The quantitative estimate of drug-likeness (QED) is 0.777. The maximum Gasteiger partial charge on any atom is 0.335 e. The zero-order chi connectivity index (χ0) is 16.6. The van der Waals surface area contributed by atoms with Gasteiger partial charge in [-0.1, -0.05) is 19.1 Å². The molecule has 0 aliphatic carbocycles. The monoisotopic (exact) mass is 313 g/mol. The standard InChI is InChI=1S/C18H13F2NO2/c1-2-10-9-21-17(16-14(19)4-3-5-15(16)20)13-8-11(18(22)23)6-7-12(10)13/h3-9H,2H2,1H3,(H,22,23). The number of nitrogens with zero attached hydrogens (tertiary/aromatic N) is 1. The lowest BCUT2D eigenvalue weighted by atomic mass is 9.97. The molecular weight excluding hydrogens is 300 g/mol. The molecule has 3 nitrogen and oxygen atoms in total. The number of pyridine rings is 1. The van der Waals surface area contributed by atoms with E-state index in [9.17, 15) is 18.7 Å². The topological polar surface area (TPSA) is 50.2 Å². The van der Waals surface area contributed by atoms with Crippen molar-refractivity contribution in [1.82, 2.24) is 4.98 Å². The van der Waals surface area contributed by atoms with E-state index < -0.39 is 17.6 Å². The maximum atomic E-state index is 14.1. The molecule has 23 heavy (non-hydrogen) atoms. The molecule has 1 heterocycles. The van der Waals surface area contributed by atoms with Crippen LogP contribution in [0.2, 0.25) is 0 Å². The van der Waals surface area contributed by atoms with Crippen LogP contribution < -0.4 is 0 Å². The number of fused-ring (bicyclic) bond motifs is 1. The van der Waals surface area contributed by atoms with Crippen molar-refractivity contribution in [3.8, 4) is 11.3 Å². The smallest absolute Gasteiger partial charge is 0.335 e. The first-order valence-corrected chi connectivity index (χ1v) is 7.12. The van der Waals surface area contributed by atoms with Crippen LogP contribution in [0.3, 0.4) is 0 Å². The first kappa shape index (κ1) is 15.1. The average molecular weight is 313 g/mol. The summed E-state index contributed by atoms with van der Waals surface area (Å²) in [5, 5.41) is 10.3. The zero-order valence-corrected chi connectivity index (χ0v) is 12.3. The van der Waals surface area contributed by atoms with Crippen LogP contribution >= 0.6 is 0 Å². The van der Waals surface area contributed by atoms with Crippen LogP contribution in [0.5, 0.6) is 0 Å². The summed E-state index contributed by atoms with van der Waals surface area (Å²) in [6, 6.07) is 8.12. The fourth-order valence-corrected chi connectivity index (χ4v) is 2.64. The van der Waals surface area contributed by atoms with E-state index in [4.69, 9.17) is 0 Å². The Bertz CT molecular complexity index is 902. The Kier molecular flexibility index (Phi) is 3.78. The molecule has 5 heteroatoms. The number of hydrogen-bond donors (Lipinski definition) is 1. The molecule has 0 unspecified atom stereocenters. The van der Waals surface area contributed by atoms with Crippen molar-refractivity contribution >= 4 is 16.7 Å². The van der Waals surface area contributed by atoms with Gasteiger partial charge in [0.15, 0.2) is 0 Å². The summed E-state index contributed by atoms with van der Waals surface area (Å²) in [7, 11) is 0. The summed E-state index contributed by atoms with van der Waals surface area (Å²) in [4.78, 5) is 15.4. The van der Waals surface area contributed by atoms with Crippen molar-refractivity contribution in [2.24, 2.45) is 0 Å². The number of halogens is 2. The maximum absolute atomic E-state index is 14.1. The van der Waals surface area contributed by atoms with E-state index in [0.29, 0.717) is 11.8 Å². The molecule has 0 amide bonds. The number of aromatic carboxylic acids is 1. The van der Waals surface area contributed by atoms with Crippen molar-refractivity contribution in [1.29, 1.82) is 0 Å². The van der Waals surface area contributed by atoms with E-state index in [1.807, 2.05) is 6.92 Å². The van der Waals surface area contributed by atoms with Crippen LogP contribution in [0.15, 0.2) is 42.6 Å². The summed E-state index contributed by atoms with van der Waals surface area (Å²) >= 11 is 0. The summed E-state index contributed by atoms with van der Waals surface area (Å²) in [6.07, 6.45) is 2.25. The molecule has 0 aliphatic rings. The molecule has 0 aliphatic heterocycles. The van der Waals surface area contributed by atoms with Crippen molar-refractivity contribution in [3.05, 3.63) is 65.4 Å². The fourth-order valence-electron chi connectivity index (χ4n) is 2.64. The minimum absolute atomic E-state index is 0.0468. The van der Waals surface area contributed by atoms with Crippen LogP contribution in [-0.2, 0) is 6.42 Å². The third kappa shape index (κ3) is 2.54. The van der Waals surface area contributed by atoms with Gasteiger partial charge < -0.3 is 5.11 Å². The van der Waals surface area contributed by atoms with Crippen molar-refractivity contribution in [2.45, 2.75) is 13.3 Å². The molecule has 1 aromatic heterocycles. The Morgan fingerprint density at radius 2 is 1.83 bits per heavy atom. The first-order chi connectivity index (χ1) is 11.0. The van der Waals surface area contributed by atoms with E-state index in [1.165, 1.54) is 18.2 Å². The van der Waals surface area contributed by atoms with Gasteiger partial charge in [-0.25, -0.2) is 13.6 Å². The van der Waals surface area contributed by atoms with Crippen molar-refractivity contribution in [3.63, 3.8) is 0 Å². The number of aryl methyl sites for hydroxylation is 1. The lowest BCUT2D eigenvalue weighted by molar-refractivity contribution is 0.0697. The van der Waals surface area contributed by atoms with Gasteiger partial charge in [-0.3, -0.25) is 4.98 Å². The van der Waals surface area contributed by atoms with Crippen molar-refractivity contribution < 1.29 is 18.7 Å². The number of hydrogen-bond acceptors (Lipinski definition) is 2. The van der Waals surface area contributed by atoms with E-state index in [-0.39, 0.29) is 16.8 Å². The Balaban J connectivity index is 2.41. The predicted molar refractivity (Wildman–Crippen MR) is 83.4 cm³/mol. The van der Waals surface area contributed by atoms with E-state index in [1.54, 1.807) is 12.3 Å². The van der Waals surface area contributed by atoms with Crippen LogP contribution in [0.1, 0.15) is 22.8 Å².